The molecule has 1 amide bonds. The van der Waals surface area contributed by atoms with Crippen molar-refractivity contribution in [1.82, 2.24) is 5.32 Å². The van der Waals surface area contributed by atoms with Crippen LogP contribution in [0.1, 0.15) is 46.0 Å². The third-order valence-electron chi connectivity index (χ3n) is 2.29. The number of hydrogen-bond acceptors (Lipinski definition) is 4. The predicted molar refractivity (Wildman–Crippen MR) is 69.2 cm³/mol. The van der Waals surface area contributed by atoms with Gasteiger partial charge in [0.05, 0.1) is 13.0 Å². The summed E-state index contributed by atoms with van der Waals surface area (Å²) in [7, 11) is 0. The van der Waals surface area contributed by atoms with Gasteiger partial charge in [0.15, 0.2) is 0 Å². The molecule has 0 aliphatic carbocycles. The average Bonchev–Trinajstić information content (AvgIpc) is 2.35. The van der Waals surface area contributed by atoms with Crippen LogP contribution in [0.3, 0.4) is 0 Å². The monoisotopic (exact) mass is 259 g/mol. The van der Waals surface area contributed by atoms with Crippen LogP contribution < -0.4 is 5.32 Å². The fraction of sp³-hybridized carbons (Fsp3) is 0.846. The van der Waals surface area contributed by atoms with E-state index >= 15 is 0 Å². The number of ether oxygens (including phenoxy) is 2. The maximum Gasteiger partial charge on any atom is 0.306 e. The molecule has 0 aliphatic rings. The number of nitrogens with one attached hydrogen (secondary N) is 1. The molecule has 0 aliphatic heterocycles. The molecule has 0 aromatic heterocycles. The van der Waals surface area contributed by atoms with Gasteiger partial charge in [0.25, 0.3) is 0 Å². The maximum absolute atomic E-state index is 11.3. The highest BCUT2D eigenvalue weighted by Gasteiger charge is 2.06. The summed E-state index contributed by atoms with van der Waals surface area (Å²) in [5.74, 6) is -0.438. The van der Waals surface area contributed by atoms with E-state index in [9.17, 15) is 9.59 Å². The van der Waals surface area contributed by atoms with Crippen molar-refractivity contribution in [2.24, 2.45) is 0 Å². The van der Waals surface area contributed by atoms with Crippen molar-refractivity contribution in [3.63, 3.8) is 0 Å². The molecule has 0 rings (SSSR count). The smallest absolute Gasteiger partial charge is 0.306 e. The molecule has 0 spiro atoms. The molecular weight excluding hydrogens is 234 g/mol. The fourth-order valence-corrected chi connectivity index (χ4v) is 1.29. The number of esters is 1. The van der Waals surface area contributed by atoms with E-state index in [4.69, 9.17) is 9.47 Å². The van der Waals surface area contributed by atoms with E-state index in [0.717, 1.165) is 25.9 Å². The molecule has 0 saturated heterocycles. The highest BCUT2D eigenvalue weighted by atomic mass is 16.5. The Morgan fingerprint density at radius 1 is 1.06 bits per heavy atom. The predicted octanol–water partition coefficient (Wildman–Crippen LogP) is 1.65. The van der Waals surface area contributed by atoms with E-state index in [0.29, 0.717) is 19.8 Å². The van der Waals surface area contributed by atoms with Gasteiger partial charge in [-0.25, -0.2) is 0 Å². The van der Waals surface area contributed by atoms with Gasteiger partial charge in [-0.2, -0.15) is 0 Å². The van der Waals surface area contributed by atoms with Crippen LogP contribution in [0.25, 0.3) is 0 Å². The second-order valence-corrected chi connectivity index (χ2v) is 3.97. The Balaban J connectivity index is 3.29. The van der Waals surface area contributed by atoms with Gasteiger partial charge in [0.2, 0.25) is 5.91 Å². The van der Waals surface area contributed by atoms with Crippen molar-refractivity contribution in [2.45, 2.75) is 46.0 Å². The Labute approximate surface area is 109 Å². The van der Waals surface area contributed by atoms with E-state index in [1.165, 1.54) is 0 Å². The summed E-state index contributed by atoms with van der Waals surface area (Å²) in [6.07, 6.45) is 3.34. The Hall–Kier alpha value is -1.10. The van der Waals surface area contributed by atoms with Crippen molar-refractivity contribution >= 4 is 11.9 Å². The minimum absolute atomic E-state index is 0.114. The van der Waals surface area contributed by atoms with E-state index in [2.05, 4.69) is 12.2 Å². The Bertz CT molecular complexity index is 231. The van der Waals surface area contributed by atoms with Gasteiger partial charge in [-0.3, -0.25) is 9.59 Å². The van der Waals surface area contributed by atoms with Crippen molar-refractivity contribution in [1.29, 1.82) is 0 Å². The average molecular weight is 259 g/mol. The third-order valence-corrected chi connectivity index (χ3v) is 2.29. The molecule has 18 heavy (non-hydrogen) atoms. The SMILES string of the molecule is CCCCOCCCNC(=O)CCC(=O)OCC. The van der Waals surface area contributed by atoms with Crippen LogP contribution in [0.5, 0.6) is 0 Å². The van der Waals surface area contributed by atoms with Gasteiger partial charge in [-0.05, 0) is 19.8 Å². The number of amides is 1. The molecule has 5 heteroatoms. The topological polar surface area (TPSA) is 64.6 Å². The molecule has 0 heterocycles. The van der Waals surface area contributed by atoms with E-state index < -0.39 is 0 Å². The lowest BCUT2D eigenvalue weighted by Gasteiger charge is -2.06. The molecule has 0 fully saturated rings. The summed E-state index contributed by atoms with van der Waals surface area (Å²) in [5.41, 5.74) is 0. The second-order valence-electron chi connectivity index (χ2n) is 3.97. The summed E-state index contributed by atoms with van der Waals surface area (Å²) >= 11 is 0. The van der Waals surface area contributed by atoms with Crippen LogP contribution in [-0.4, -0.2) is 38.2 Å². The molecular formula is C13H25NO4. The molecule has 1 N–H and O–H groups in total. The van der Waals surface area contributed by atoms with Crippen LogP contribution in [0.15, 0.2) is 0 Å². The van der Waals surface area contributed by atoms with Gasteiger partial charge in [0.1, 0.15) is 0 Å². The van der Waals surface area contributed by atoms with Gasteiger partial charge in [0, 0.05) is 26.2 Å². The van der Waals surface area contributed by atoms with Crippen molar-refractivity contribution in [2.75, 3.05) is 26.4 Å². The van der Waals surface area contributed by atoms with Gasteiger partial charge < -0.3 is 14.8 Å². The summed E-state index contributed by atoms with van der Waals surface area (Å²) in [4.78, 5) is 22.3. The van der Waals surface area contributed by atoms with Gasteiger partial charge in [-0.1, -0.05) is 13.3 Å². The summed E-state index contributed by atoms with van der Waals surface area (Å²) < 4.78 is 10.1. The number of rotatable bonds is 11. The van der Waals surface area contributed by atoms with Crippen LogP contribution >= 0.6 is 0 Å². The number of unbranched alkanes of at least 4 members (excludes halogenated alkanes) is 1. The Kier molecular flexibility index (Phi) is 11.6. The zero-order chi connectivity index (χ0) is 13.6. The molecule has 0 saturated carbocycles. The lowest BCUT2D eigenvalue weighted by Crippen LogP contribution is -2.25. The van der Waals surface area contributed by atoms with Crippen molar-refractivity contribution < 1.29 is 19.1 Å². The highest BCUT2D eigenvalue weighted by Crippen LogP contribution is 1.93. The van der Waals surface area contributed by atoms with E-state index in [1.54, 1.807) is 6.92 Å². The maximum atomic E-state index is 11.3. The first kappa shape index (κ1) is 16.9. The molecule has 0 aromatic rings. The highest BCUT2D eigenvalue weighted by molar-refractivity contribution is 5.81. The number of carbonyl (C=O) groups excluding carboxylic acids is 2. The van der Waals surface area contributed by atoms with Crippen LogP contribution in [0, 0.1) is 0 Å². The van der Waals surface area contributed by atoms with E-state index in [1.807, 2.05) is 0 Å². The number of hydrogen-bond donors (Lipinski definition) is 1. The largest absolute Gasteiger partial charge is 0.466 e. The fourth-order valence-electron chi connectivity index (χ4n) is 1.29. The summed E-state index contributed by atoms with van der Waals surface area (Å²) in [6, 6.07) is 0. The molecule has 5 nitrogen and oxygen atoms in total. The lowest BCUT2D eigenvalue weighted by atomic mass is 10.3. The zero-order valence-electron chi connectivity index (χ0n) is 11.5. The number of carbonyl (C=O) groups is 2. The Morgan fingerprint density at radius 2 is 1.78 bits per heavy atom. The first-order chi connectivity index (χ1) is 8.70. The first-order valence-corrected chi connectivity index (χ1v) is 6.70. The molecule has 0 radical (unpaired) electrons. The van der Waals surface area contributed by atoms with Crippen LogP contribution in [0.2, 0.25) is 0 Å². The normalized spacial score (nSPS) is 10.1. The molecule has 0 atom stereocenters. The minimum atomic E-state index is -0.324. The van der Waals surface area contributed by atoms with E-state index in [-0.39, 0.29) is 24.7 Å². The standard InChI is InChI=1S/C13H25NO4/c1-3-5-10-17-11-6-9-14-12(15)7-8-13(16)18-4-2/h3-11H2,1-2H3,(H,14,15). The lowest BCUT2D eigenvalue weighted by molar-refractivity contribution is -0.144. The van der Waals surface area contributed by atoms with Crippen LogP contribution in [-0.2, 0) is 19.1 Å². The van der Waals surface area contributed by atoms with Gasteiger partial charge >= 0.3 is 5.97 Å². The van der Waals surface area contributed by atoms with Crippen molar-refractivity contribution in [3.8, 4) is 0 Å². The minimum Gasteiger partial charge on any atom is -0.466 e. The summed E-state index contributed by atoms with van der Waals surface area (Å²) in [5, 5.41) is 2.74. The molecule has 0 bridgehead atoms. The Morgan fingerprint density at radius 3 is 2.44 bits per heavy atom. The van der Waals surface area contributed by atoms with Crippen LogP contribution in [0.4, 0.5) is 0 Å². The second kappa shape index (κ2) is 12.4. The van der Waals surface area contributed by atoms with Gasteiger partial charge in [-0.15, -0.1) is 0 Å². The van der Waals surface area contributed by atoms with Crippen molar-refractivity contribution in [3.05, 3.63) is 0 Å². The molecule has 106 valence electrons. The molecule has 0 aromatic carbocycles. The third kappa shape index (κ3) is 11.4. The zero-order valence-corrected chi connectivity index (χ0v) is 11.5. The first-order valence-electron chi connectivity index (χ1n) is 6.70. The molecule has 0 unspecified atom stereocenters. The quantitative estimate of drug-likeness (QED) is 0.452. The summed E-state index contributed by atoms with van der Waals surface area (Å²) in [6.45, 7) is 6.26.